The maximum absolute atomic E-state index is 12.2. The summed E-state index contributed by atoms with van der Waals surface area (Å²) in [6.07, 6.45) is 4.64. The van der Waals surface area contributed by atoms with Crippen LogP contribution in [0.3, 0.4) is 0 Å². The van der Waals surface area contributed by atoms with E-state index < -0.39 is 17.9 Å². The first-order valence-electron chi connectivity index (χ1n) is 10.3. The maximum atomic E-state index is 12.2. The number of carbonyl (C=O) groups excluding carboxylic acids is 2. The number of halogens is 1. The Bertz CT molecular complexity index is 743. The number of hydrogen-bond donors (Lipinski definition) is 3. The van der Waals surface area contributed by atoms with Gasteiger partial charge in [-0.15, -0.1) is 0 Å². The molecule has 1 fully saturated rings. The van der Waals surface area contributed by atoms with E-state index >= 15 is 0 Å². The predicted octanol–water partition coefficient (Wildman–Crippen LogP) is 2.61. The third-order valence-corrected chi connectivity index (χ3v) is 6.26. The summed E-state index contributed by atoms with van der Waals surface area (Å²) in [5.74, 6) is -1.70. The van der Waals surface area contributed by atoms with Crippen molar-refractivity contribution in [2.45, 2.75) is 69.5 Å². The molecule has 1 atom stereocenters. The summed E-state index contributed by atoms with van der Waals surface area (Å²) in [4.78, 5) is 37.0. The van der Waals surface area contributed by atoms with Gasteiger partial charge in [0, 0.05) is 29.4 Å². The standard InChI is InChI=1S/C22H32ClN3O4/c1-15(21(29)30)24-19(27)8-9-20(28)25-18-10-12-22(13-11-18,26(2)3)14-16-4-6-17(23)7-5-16/h4-7,15,18H,8-14H2,1-3H3,(H,24,27)(H,25,28)(H,29,30). The fourth-order valence-electron chi connectivity index (χ4n) is 3.97. The molecule has 1 aliphatic rings. The molecule has 30 heavy (non-hydrogen) atoms. The molecular formula is C22H32ClN3O4. The number of benzene rings is 1. The molecule has 7 nitrogen and oxygen atoms in total. The van der Waals surface area contributed by atoms with E-state index in [1.165, 1.54) is 12.5 Å². The normalized spacial score (nSPS) is 22.4. The van der Waals surface area contributed by atoms with Crippen molar-refractivity contribution < 1.29 is 19.5 Å². The zero-order valence-corrected chi connectivity index (χ0v) is 18.7. The summed E-state index contributed by atoms with van der Waals surface area (Å²) in [6.45, 7) is 1.39. The summed E-state index contributed by atoms with van der Waals surface area (Å²) in [7, 11) is 4.21. The van der Waals surface area contributed by atoms with Crippen LogP contribution in [0.2, 0.25) is 5.02 Å². The van der Waals surface area contributed by atoms with Crippen molar-refractivity contribution in [2.75, 3.05) is 14.1 Å². The quantitative estimate of drug-likeness (QED) is 0.551. The van der Waals surface area contributed by atoms with Crippen molar-refractivity contribution in [1.82, 2.24) is 15.5 Å². The molecule has 8 heteroatoms. The van der Waals surface area contributed by atoms with Crippen molar-refractivity contribution in [3.05, 3.63) is 34.9 Å². The first-order chi connectivity index (χ1) is 14.1. The van der Waals surface area contributed by atoms with Gasteiger partial charge in [0.05, 0.1) is 0 Å². The minimum atomic E-state index is -1.10. The van der Waals surface area contributed by atoms with Gasteiger partial charge in [0.2, 0.25) is 11.8 Å². The van der Waals surface area contributed by atoms with Gasteiger partial charge in [-0.2, -0.15) is 0 Å². The van der Waals surface area contributed by atoms with Crippen LogP contribution < -0.4 is 10.6 Å². The highest BCUT2D eigenvalue weighted by Gasteiger charge is 2.37. The molecule has 0 saturated heterocycles. The van der Waals surface area contributed by atoms with Crippen molar-refractivity contribution >= 4 is 29.4 Å². The molecular weight excluding hydrogens is 406 g/mol. The number of likely N-dealkylation sites (N-methyl/N-ethyl adjacent to an activating group) is 1. The van der Waals surface area contributed by atoms with E-state index in [1.54, 1.807) is 0 Å². The van der Waals surface area contributed by atoms with Gasteiger partial charge in [-0.05, 0) is 70.8 Å². The van der Waals surface area contributed by atoms with Crippen LogP contribution in [0.15, 0.2) is 24.3 Å². The Balaban J connectivity index is 1.81. The van der Waals surface area contributed by atoms with Gasteiger partial charge in [0.1, 0.15) is 6.04 Å². The van der Waals surface area contributed by atoms with E-state index in [0.717, 1.165) is 37.1 Å². The summed E-state index contributed by atoms with van der Waals surface area (Å²) in [5.41, 5.74) is 1.29. The number of amides is 2. The average molecular weight is 438 g/mol. The van der Waals surface area contributed by atoms with Gasteiger partial charge in [-0.25, -0.2) is 0 Å². The lowest BCUT2D eigenvalue weighted by Crippen LogP contribution is -2.52. The third kappa shape index (κ3) is 6.99. The molecule has 1 aromatic carbocycles. The van der Waals surface area contributed by atoms with Crippen LogP contribution >= 0.6 is 11.6 Å². The van der Waals surface area contributed by atoms with Gasteiger partial charge >= 0.3 is 5.97 Å². The molecule has 1 aromatic rings. The largest absolute Gasteiger partial charge is 0.480 e. The van der Waals surface area contributed by atoms with Gasteiger partial charge in [0.25, 0.3) is 0 Å². The fourth-order valence-corrected chi connectivity index (χ4v) is 4.09. The van der Waals surface area contributed by atoms with Gasteiger partial charge < -0.3 is 20.6 Å². The Kier molecular flexibility index (Phi) is 8.67. The number of nitrogens with one attached hydrogen (secondary N) is 2. The number of hydrogen-bond acceptors (Lipinski definition) is 4. The first kappa shape index (κ1) is 24.2. The molecule has 0 aromatic heterocycles. The van der Waals surface area contributed by atoms with E-state index in [9.17, 15) is 14.4 Å². The lowest BCUT2D eigenvalue weighted by Gasteiger charge is -2.45. The first-order valence-corrected chi connectivity index (χ1v) is 10.7. The molecule has 166 valence electrons. The van der Waals surface area contributed by atoms with Crippen LogP contribution in [-0.2, 0) is 20.8 Å². The van der Waals surface area contributed by atoms with E-state index in [4.69, 9.17) is 16.7 Å². The number of carboxylic acid groups (broad SMARTS) is 1. The van der Waals surface area contributed by atoms with E-state index in [2.05, 4.69) is 41.8 Å². The fraction of sp³-hybridized carbons (Fsp3) is 0.591. The van der Waals surface area contributed by atoms with Crippen molar-refractivity contribution in [2.24, 2.45) is 0 Å². The molecule has 0 aliphatic heterocycles. The zero-order valence-electron chi connectivity index (χ0n) is 17.9. The number of carboxylic acids is 1. The monoisotopic (exact) mass is 437 g/mol. The number of nitrogens with zero attached hydrogens (tertiary/aromatic N) is 1. The minimum absolute atomic E-state index is 0.0195. The number of aliphatic carboxylic acids is 1. The highest BCUT2D eigenvalue weighted by Crippen LogP contribution is 2.35. The maximum Gasteiger partial charge on any atom is 0.325 e. The minimum Gasteiger partial charge on any atom is -0.480 e. The molecule has 0 spiro atoms. The van der Waals surface area contributed by atoms with E-state index in [-0.39, 0.29) is 30.3 Å². The molecule has 1 saturated carbocycles. The van der Waals surface area contributed by atoms with Crippen LogP contribution in [0.4, 0.5) is 0 Å². The molecule has 0 radical (unpaired) electrons. The molecule has 1 unspecified atom stereocenters. The molecule has 2 rings (SSSR count). The van der Waals surface area contributed by atoms with E-state index in [1.807, 2.05) is 12.1 Å². The smallest absolute Gasteiger partial charge is 0.325 e. The van der Waals surface area contributed by atoms with Crippen molar-refractivity contribution in [3.8, 4) is 0 Å². The molecule has 1 aliphatic carbocycles. The Morgan fingerprint density at radius 3 is 2.23 bits per heavy atom. The predicted molar refractivity (Wildman–Crippen MR) is 116 cm³/mol. The third-order valence-electron chi connectivity index (χ3n) is 6.00. The Hall–Kier alpha value is -2.12. The lowest BCUT2D eigenvalue weighted by atomic mass is 9.75. The summed E-state index contributed by atoms with van der Waals surface area (Å²) >= 11 is 6.00. The van der Waals surface area contributed by atoms with Crippen molar-refractivity contribution in [1.29, 1.82) is 0 Å². The molecule has 2 amide bonds. The topological polar surface area (TPSA) is 98.7 Å². The van der Waals surface area contributed by atoms with Crippen LogP contribution in [-0.4, -0.2) is 59.5 Å². The SMILES string of the molecule is CC(NC(=O)CCC(=O)NC1CCC(Cc2ccc(Cl)cc2)(N(C)C)CC1)C(=O)O. The zero-order chi connectivity index (χ0) is 22.3. The summed E-state index contributed by atoms with van der Waals surface area (Å²) in [6, 6.07) is 7.10. The average Bonchev–Trinajstić information content (AvgIpc) is 2.69. The second-order valence-electron chi connectivity index (χ2n) is 8.39. The Morgan fingerprint density at radius 1 is 1.13 bits per heavy atom. The summed E-state index contributed by atoms with van der Waals surface area (Å²) < 4.78 is 0. The Labute approximate surface area is 183 Å². The number of carbonyl (C=O) groups is 3. The van der Waals surface area contributed by atoms with Crippen LogP contribution in [0, 0.1) is 0 Å². The second kappa shape index (κ2) is 10.8. The molecule has 0 heterocycles. The van der Waals surface area contributed by atoms with E-state index in [0.29, 0.717) is 0 Å². The molecule has 0 bridgehead atoms. The van der Waals surface area contributed by atoms with Gasteiger partial charge in [0.15, 0.2) is 0 Å². The van der Waals surface area contributed by atoms with Crippen LogP contribution in [0.5, 0.6) is 0 Å². The Morgan fingerprint density at radius 2 is 1.70 bits per heavy atom. The van der Waals surface area contributed by atoms with Crippen LogP contribution in [0.25, 0.3) is 0 Å². The van der Waals surface area contributed by atoms with Crippen molar-refractivity contribution in [3.63, 3.8) is 0 Å². The highest BCUT2D eigenvalue weighted by molar-refractivity contribution is 6.30. The van der Waals surface area contributed by atoms with Crippen LogP contribution in [0.1, 0.15) is 51.0 Å². The lowest BCUT2D eigenvalue weighted by molar-refractivity contribution is -0.141. The van der Waals surface area contributed by atoms with Gasteiger partial charge in [-0.1, -0.05) is 23.7 Å². The highest BCUT2D eigenvalue weighted by atomic mass is 35.5. The number of rotatable bonds is 9. The second-order valence-corrected chi connectivity index (χ2v) is 8.83. The summed E-state index contributed by atoms with van der Waals surface area (Å²) in [5, 5.41) is 14.9. The van der Waals surface area contributed by atoms with Gasteiger partial charge in [-0.3, -0.25) is 14.4 Å². The molecule has 3 N–H and O–H groups in total.